The number of hydrogen-bond donors (Lipinski definition) is 0. The number of esters is 2. The number of rotatable bonds is 6. The van der Waals surface area contributed by atoms with Gasteiger partial charge in [0.2, 0.25) is 11.5 Å². The van der Waals surface area contributed by atoms with Gasteiger partial charge in [0, 0.05) is 11.1 Å². The first-order chi connectivity index (χ1) is 11.4. The lowest BCUT2D eigenvalue weighted by atomic mass is 9.71. The predicted molar refractivity (Wildman–Crippen MR) is 86.9 cm³/mol. The summed E-state index contributed by atoms with van der Waals surface area (Å²) in [6.45, 7) is 7.82. The van der Waals surface area contributed by atoms with Gasteiger partial charge in [-0.25, -0.2) is 9.59 Å². The van der Waals surface area contributed by atoms with Crippen molar-refractivity contribution in [2.24, 2.45) is 0 Å². The molecule has 0 bridgehead atoms. The first kappa shape index (κ1) is 18.4. The van der Waals surface area contributed by atoms with Gasteiger partial charge in [0.05, 0.1) is 14.2 Å². The minimum atomic E-state index is -0.880. The Morgan fingerprint density at radius 3 is 1.33 bits per heavy atom. The van der Waals surface area contributed by atoms with Crippen LogP contribution in [0.1, 0.15) is 53.4 Å². The van der Waals surface area contributed by atoms with Gasteiger partial charge in [-0.1, -0.05) is 27.7 Å². The predicted octanol–water partition coefficient (Wildman–Crippen LogP) is 3.02. The number of methoxy groups -OCH3 is 2. The largest absolute Gasteiger partial charge is 0.471 e. The van der Waals surface area contributed by atoms with Gasteiger partial charge in [-0.3, -0.25) is 0 Å². The van der Waals surface area contributed by atoms with Gasteiger partial charge in [0.1, 0.15) is 0 Å². The topological polar surface area (TPSA) is 71.1 Å². The van der Waals surface area contributed by atoms with E-state index < -0.39 is 23.1 Å². The summed E-state index contributed by atoms with van der Waals surface area (Å²) in [5.74, 6) is -0.613. The summed E-state index contributed by atoms with van der Waals surface area (Å²) in [5.41, 5.74) is -0.281. The Morgan fingerprint density at radius 2 is 1.12 bits per heavy atom. The number of carbonyl (C=O) groups is 2. The second-order valence-corrected chi connectivity index (χ2v) is 5.87. The lowest BCUT2D eigenvalue weighted by Crippen LogP contribution is -2.51. The monoisotopic (exact) mass is 338 g/mol. The third kappa shape index (κ3) is 2.08. The van der Waals surface area contributed by atoms with E-state index in [1.807, 2.05) is 27.7 Å². The van der Waals surface area contributed by atoms with E-state index in [1.54, 1.807) is 0 Å². The minimum Gasteiger partial charge on any atom is -0.471 e. The first-order valence-electron chi connectivity index (χ1n) is 8.44. The second-order valence-electron chi connectivity index (χ2n) is 5.87. The fourth-order valence-electron chi connectivity index (χ4n) is 4.16. The summed E-state index contributed by atoms with van der Waals surface area (Å²) in [5, 5.41) is 0. The zero-order valence-corrected chi connectivity index (χ0v) is 15.3. The molecule has 0 aromatic rings. The van der Waals surface area contributed by atoms with Crippen molar-refractivity contribution in [2.45, 2.75) is 64.6 Å². The fourth-order valence-corrected chi connectivity index (χ4v) is 4.16. The summed E-state index contributed by atoms with van der Waals surface area (Å²) >= 11 is 0. The average Bonchev–Trinajstić information content (AvgIpc) is 3.05. The second kappa shape index (κ2) is 6.49. The first-order valence-corrected chi connectivity index (χ1v) is 8.44. The maximum Gasteiger partial charge on any atom is 0.373 e. The molecule has 0 saturated heterocycles. The maximum atomic E-state index is 12.2. The third-order valence-electron chi connectivity index (χ3n) is 5.17. The molecular formula is C18H26O6. The molecule has 0 fully saturated rings. The molecule has 2 heterocycles. The van der Waals surface area contributed by atoms with Crippen LogP contribution < -0.4 is 0 Å². The summed E-state index contributed by atoms with van der Waals surface area (Å²) in [4.78, 5) is 24.5. The Balaban J connectivity index is 2.71. The van der Waals surface area contributed by atoms with Gasteiger partial charge in [-0.15, -0.1) is 0 Å². The molecular weight excluding hydrogens is 312 g/mol. The van der Waals surface area contributed by atoms with Gasteiger partial charge in [0.15, 0.2) is 11.2 Å². The van der Waals surface area contributed by atoms with Crippen LogP contribution in [0.5, 0.6) is 0 Å². The van der Waals surface area contributed by atoms with Crippen LogP contribution in [0.2, 0.25) is 0 Å². The summed E-state index contributed by atoms with van der Waals surface area (Å²) in [6, 6.07) is 0. The Bertz CT molecular complexity index is 563. The van der Waals surface area contributed by atoms with Crippen LogP contribution in [-0.4, -0.2) is 37.4 Å². The minimum absolute atomic E-state index is 0.207. The van der Waals surface area contributed by atoms with Crippen molar-refractivity contribution in [3.63, 3.8) is 0 Å². The normalized spacial score (nSPS) is 28.4. The van der Waals surface area contributed by atoms with Crippen molar-refractivity contribution in [1.82, 2.24) is 0 Å². The molecule has 24 heavy (non-hydrogen) atoms. The van der Waals surface area contributed by atoms with E-state index in [0.29, 0.717) is 25.7 Å². The van der Waals surface area contributed by atoms with Crippen LogP contribution in [0.15, 0.2) is 22.7 Å². The molecule has 0 aliphatic carbocycles. The molecule has 134 valence electrons. The highest BCUT2D eigenvalue weighted by Gasteiger charge is 2.69. The number of carbonyl (C=O) groups excluding carboxylic acids is 2. The Labute approximate surface area is 142 Å². The van der Waals surface area contributed by atoms with Gasteiger partial charge in [-0.05, 0) is 25.7 Å². The molecule has 0 spiro atoms. The van der Waals surface area contributed by atoms with Gasteiger partial charge < -0.3 is 18.9 Å². The summed E-state index contributed by atoms with van der Waals surface area (Å²) < 4.78 is 22.2. The van der Waals surface area contributed by atoms with Crippen molar-refractivity contribution >= 4 is 11.9 Å². The number of ether oxygens (including phenoxy) is 4. The number of hydrogen-bond acceptors (Lipinski definition) is 6. The van der Waals surface area contributed by atoms with Crippen LogP contribution in [0, 0.1) is 0 Å². The SMILES string of the molecule is CCC1=C(C(=O)OC)O[C@@]2(CC)C(CC)=C(C(=O)OC)O[C@@]12CC. The van der Waals surface area contributed by atoms with E-state index in [4.69, 9.17) is 18.9 Å². The molecule has 0 aromatic heterocycles. The molecule has 2 atom stereocenters. The summed E-state index contributed by atoms with van der Waals surface area (Å²) in [6.07, 6.45) is 2.25. The van der Waals surface area contributed by atoms with E-state index in [9.17, 15) is 9.59 Å². The standard InChI is InChI=1S/C18H26O6/c1-7-11-13(15(19)21-5)23-18(10-4)12(8-2)14(16(20)22-6)24-17(11,18)9-3/h7-10H2,1-6H3/t17-,18-/m0/s1. The van der Waals surface area contributed by atoms with E-state index >= 15 is 0 Å². The van der Waals surface area contributed by atoms with E-state index in [2.05, 4.69) is 0 Å². The molecule has 0 radical (unpaired) electrons. The Morgan fingerprint density at radius 1 is 0.792 bits per heavy atom. The molecule has 0 amide bonds. The lowest BCUT2D eigenvalue weighted by Gasteiger charge is -2.39. The molecule has 2 rings (SSSR count). The molecule has 6 heteroatoms. The van der Waals surface area contributed by atoms with Crippen molar-refractivity contribution < 1.29 is 28.5 Å². The Kier molecular flexibility index (Phi) is 4.97. The Hall–Kier alpha value is -1.98. The molecule has 6 nitrogen and oxygen atoms in total. The van der Waals surface area contributed by atoms with Crippen LogP contribution >= 0.6 is 0 Å². The lowest BCUT2D eigenvalue weighted by molar-refractivity contribution is -0.147. The van der Waals surface area contributed by atoms with E-state index in [-0.39, 0.29) is 11.5 Å². The van der Waals surface area contributed by atoms with Crippen LogP contribution in [0.4, 0.5) is 0 Å². The summed E-state index contributed by atoms with van der Waals surface area (Å²) in [7, 11) is 2.66. The molecule has 0 aromatic carbocycles. The average molecular weight is 338 g/mol. The van der Waals surface area contributed by atoms with Gasteiger partial charge in [0.25, 0.3) is 0 Å². The van der Waals surface area contributed by atoms with E-state index in [1.165, 1.54) is 14.2 Å². The van der Waals surface area contributed by atoms with Crippen LogP contribution in [-0.2, 0) is 28.5 Å². The fraction of sp³-hybridized carbons (Fsp3) is 0.667. The highest BCUT2D eigenvalue weighted by molar-refractivity contribution is 5.92. The van der Waals surface area contributed by atoms with Gasteiger partial charge in [-0.2, -0.15) is 0 Å². The smallest absolute Gasteiger partial charge is 0.373 e. The molecule has 0 saturated carbocycles. The number of fused-ring (bicyclic) bond motifs is 1. The molecule has 0 N–H and O–H groups in total. The van der Waals surface area contributed by atoms with Crippen molar-refractivity contribution in [3.05, 3.63) is 22.7 Å². The van der Waals surface area contributed by atoms with E-state index in [0.717, 1.165) is 11.1 Å². The maximum absolute atomic E-state index is 12.2. The van der Waals surface area contributed by atoms with Crippen LogP contribution in [0.25, 0.3) is 0 Å². The van der Waals surface area contributed by atoms with Gasteiger partial charge >= 0.3 is 11.9 Å². The highest BCUT2D eigenvalue weighted by atomic mass is 16.6. The van der Waals surface area contributed by atoms with Crippen molar-refractivity contribution in [1.29, 1.82) is 0 Å². The quantitative estimate of drug-likeness (QED) is 0.693. The zero-order valence-electron chi connectivity index (χ0n) is 15.3. The third-order valence-corrected chi connectivity index (χ3v) is 5.17. The molecule has 2 aliphatic rings. The molecule has 2 aliphatic heterocycles. The zero-order chi connectivity index (χ0) is 18.1. The van der Waals surface area contributed by atoms with Crippen molar-refractivity contribution in [2.75, 3.05) is 14.2 Å². The molecule has 0 unspecified atom stereocenters. The van der Waals surface area contributed by atoms with Crippen molar-refractivity contribution in [3.8, 4) is 0 Å². The van der Waals surface area contributed by atoms with Crippen LogP contribution in [0.3, 0.4) is 0 Å². The highest BCUT2D eigenvalue weighted by Crippen LogP contribution is 2.60.